The van der Waals surface area contributed by atoms with E-state index in [0.29, 0.717) is 18.2 Å². The first kappa shape index (κ1) is 16.6. The number of rotatable bonds is 5. The summed E-state index contributed by atoms with van der Waals surface area (Å²) in [5.41, 5.74) is 8.77. The Kier molecular flexibility index (Phi) is 4.37. The van der Waals surface area contributed by atoms with Gasteiger partial charge in [-0.1, -0.05) is 25.0 Å². The highest BCUT2D eigenvalue weighted by atomic mass is 16.5. The zero-order chi connectivity index (χ0) is 18.1. The molecule has 1 heterocycles. The third kappa shape index (κ3) is 2.83. The van der Waals surface area contributed by atoms with E-state index in [1.807, 2.05) is 37.3 Å². The highest BCUT2D eigenvalue weighted by molar-refractivity contribution is 5.97. The van der Waals surface area contributed by atoms with Crippen molar-refractivity contribution < 1.29 is 9.53 Å². The zero-order valence-corrected chi connectivity index (χ0v) is 14.9. The largest absolute Gasteiger partial charge is 0.493 e. The minimum absolute atomic E-state index is 0.420. The van der Waals surface area contributed by atoms with Crippen molar-refractivity contribution in [2.24, 2.45) is 5.73 Å². The average Bonchev–Trinajstić information content (AvgIpc) is 3.28. The first-order valence-corrected chi connectivity index (χ1v) is 9.23. The number of para-hydroxylation sites is 1. The van der Waals surface area contributed by atoms with Crippen LogP contribution in [0.1, 0.15) is 49.0 Å². The molecule has 0 bridgehead atoms. The summed E-state index contributed by atoms with van der Waals surface area (Å²) in [4.78, 5) is 16.5. The minimum atomic E-state index is -0.432. The molecule has 0 unspecified atom stereocenters. The number of benzene rings is 2. The number of ether oxygens (including phenoxy) is 1. The molecule has 1 amide bonds. The van der Waals surface area contributed by atoms with Gasteiger partial charge in [0.05, 0.1) is 23.2 Å². The van der Waals surface area contributed by atoms with Gasteiger partial charge in [-0.25, -0.2) is 4.98 Å². The maximum Gasteiger partial charge on any atom is 0.248 e. The van der Waals surface area contributed by atoms with Crippen LogP contribution in [-0.4, -0.2) is 22.1 Å². The van der Waals surface area contributed by atoms with Crippen molar-refractivity contribution in [1.29, 1.82) is 0 Å². The van der Waals surface area contributed by atoms with Crippen molar-refractivity contribution in [2.45, 2.75) is 38.6 Å². The minimum Gasteiger partial charge on any atom is -0.493 e. The van der Waals surface area contributed by atoms with Crippen LogP contribution in [0.5, 0.6) is 5.75 Å². The lowest BCUT2D eigenvalue weighted by molar-refractivity contribution is 0.100. The van der Waals surface area contributed by atoms with Crippen molar-refractivity contribution in [3.8, 4) is 17.1 Å². The highest BCUT2D eigenvalue weighted by Crippen LogP contribution is 2.39. The molecule has 1 aliphatic carbocycles. The summed E-state index contributed by atoms with van der Waals surface area (Å²) in [6.07, 6.45) is 4.76. The molecule has 0 atom stereocenters. The number of imidazole rings is 1. The van der Waals surface area contributed by atoms with Gasteiger partial charge in [-0.05, 0) is 50.1 Å². The van der Waals surface area contributed by atoms with Gasteiger partial charge in [0.25, 0.3) is 0 Å². The SMILES string of the molecule is CCOc1ccccc1-c1nc2cc(C(N)=O)ccc2n1C1CCCC1. The van der Waals surface area contributed by atoms with E-state index in [0.717, 1.165) is 41.0 Å². The number of nitrogens with two attached hydrogens (primary N) is 1. The molecule has 0 spiro atoms. The Morgan fingerprint density at radius 3 is 2.73 bits per heavy atom. The predicted molar refractivity (Wildman–Crippen MR) is 102 cm³/mol. The molecule has 0 saturated heterocycles. The molecule has 1 fully saturated rings. The van der Waals surface area contributed by atoms with Gasteiger partial charge in [-0.15, -0.1) is 0 Å². The van der Waals surface area contributed by atoms with Gasteiger partial charge in [0.15, 0.2) is 0 Å². The monoisotopic (exact) mass is 349 g/mol. The number of primary amides is 1. The third-order valence-electron chi connectivity index (χ3n) is 5.09. The normalized spacial score (nSPS) is 14.8. The molecule has 0 radical (unpaired) electrons. The Balaban J connectivity index is 1.95. The first-order valence-electron chi connectivity index (χ1n) is 9.23. The summed E-state index contributed by atoms with van der Waals surface area (Å²) in [6, 6.07) is 14.0. The number of carbonyl (C=O) groups is 1. The number of amides is 1. The molecule has 4 rings (SSSR count). The summed E-state index contributed by atoms with van der Waals surface area (Å²) in [5.74, 6) is 1.30. The Bertz CT molecular complexity index is 955. The van der Waals surface area contributed by atoms with E-state index in [1.165, 1.54) is 12.8 Å². The topological polar surface area (TPSA) is 70.1 Å². The van der Waals surface area contributed by atoms with Crippen molar-refractivity contribution in [3.05, 3.63) is 48.0 Å². The lowest BCUT2D eigenvalue weighted by Gasteiger charge is -2.18. The van der Waals surface area contributed by atoms with Crippen molar-refractivity contribution >= 4 is 16.9 Å². The highest BCUT2D eigenvalue weighted by Gasteiger charge is 2.25. The van der Waals surface area contributed by atoms with Crippen LogP contribution >= 0.6 is 0 Å². The van der Waals surface area contributed by atoms with Crippen molar-refractivity contribution in [3.63, 3.8) is 0 Å². The van der Waals surface area contributed by atoms with Gasteiger partial charge in [0.1, 0.15) is 11.6 Å². The Morgan fingerprint density at radius 2 is 2.00 bits per heavy atom. The average molecular weight is 349 g/mol. The molecule has 3 aromatic rings. The summed E-state index contributed by atoms with van der Waals surface area (Å²) < 4.78 is 8.16. The molecular weight excluding hydrogens is 326 g/mol. The van der Waals surface area contributed by atoms with E-state index >= 15 is 0 Å². The molecule has 2 N–H and O–H groups in total. The van der Waals surface area contributed by atoms with Gasteiger partial charge in [-0.3, -0.25) is 4.79 Å². The molecule has 26 heavy (non-hydrogen) atoms. The molecule has 5 heteroatoms. The first-order chi connectivity index (χ1) is 12.7. The second-order valence-corrected chi connectivity index (χ2v) is 6.74. The molecule has 5 nitrogen and oxygen atoms in total. The van der Waals surface area contributed by atoms with Crippen LogP contribution < -0.4 is 10.5 Å². The summed E-state index contributed by atoms with van der Waals surface area (Å²) in [7, 11) is 0. The van der Waals surface area contributed by atoms with E-state index in [-0.39, 0.29) is 0 Å². The number of hydrogen-bond donors (Lipinski definition) is 1. The number of fused-ring (bicyclic) bond motifs is 1. The molecule has 0 aliphatic heterocycles. The lowest BCUT2D eigenvalue weighted by atomic mass is 10.1. The Hall–Kier alpha value is -2.82. The van der Waals surface area contributed by atoms with E-state index in [1.54, 1.807) is 12.1 Å². The van der Waals surface area contributed by atoms with Gasteiger partial charge < -0.3 is 15.0 Å². The van der Waals surface area contributed by atoms with Crippen LogP contribution in [0.25, 0.3) is 22.4 Å². The maximum absolute atomic E-state index is 11.6. The lowest BCUT2D eigenvalue weighted by Crippen LogP contribution is -2.10. The number of carbonyl (C=O) groups excluding carboxylic acids is 1. The fourth-order valence-electron chi connectivity index (χ4n) is 3.91. The van der Waals surface area contributed by atoms with Gasteiger partial charge in [0, 0.05) is 11.6 Å². The summed E-state index contributed by atoms with van der Waals surface area (Å²) in [5, 5.41) is 0. The fraction of sp³-hybridized carbons (Fsp3) is 0.333. The van der Waals surface area contributed by atoms with Crippen molar-refractivity contribution in [2.75, 3.05) is 6.61 Å². The van der Waals surface area contributed by atoms with E-state index in [2.05, 4.69) is 4.57 Å². The number of nitrogens with zero attached hydrogens (tertiary/aromatic N) is 2. The number of aromatic nitrogens is 2. The van der Waals surface area contributed by atoms with Crippen LogP contribution in [0.3, 0.4) is 0 Å². The summed E-state index contributed by atoms with van der Waals surface area (Å²) >= 11 is 0. The van der Waals surface area contributed by atoms with E-state index in [9.17, 15) is 4.79 Å². The Labute approximate surface area is 152 Å². The Morgan fingerprint density at radius 1 is 1.23 bits per heavy atom. The quantitative estimate of drug-likeness (QED) is 0.746. The van der Waals surface area contributed by atoms with Crippen LogP contribution in [0.4, 0.5) is 0 Å². The van der Waals surface area contributed by atoms with E-state index in [4.69, 9.17) is 15.5 Å². The van der Waals surface area contributed by atoms with Crippen LogP contribution in [-0.2, 0) is 0 Å². The van der Waals surface area contributed by atoms with Crippen LogP contribution in [0.2, 0.25) is 0 Å². The van der Waals surface area contributed by atoms with E-state index < -0.39 is 5.91 Å². The van der Waals surface area contributed by atoms with Crippen molar-refractivity contribution in [1.82, 2.24) is 9.55 Å². The summed E-state index contributed by atoms with van der Waals surface area (Å²) in [6.45, 7) is 2.59. The van der Waals surface area contributed by atoms with Gasteiger partial charge in [0.2, 0.25) is 5.91 Å². The van der Waals surface area contributed by atoms with Crippen LogP contribution in [0, 0.1) is 0 Å². The zero-order valence-electron chi connectivity index (χ0n) is 14.9. The molecule has 134 valence electrons. The smallest absolute Gasteiger partial charge is 0.248 e. The second kappa shape index (κ2) is 6.83. The maximum atomic E-state index is 11.6. The van der Waals surface area contributed by atoms with Gasteiger partial charge >= 0.3 is 0 Å². The predicted octanol–water partition coefficient (Wildman–Crippen LogP) is 4.32. The fourth-order valence-corrected chi connectivity index (χ4v) is 3.91. The standard InChI is InChI=1S/C21H23N3O2/c1-2-26-19-10-6-5-9-16(19)21-23-17-13-14(20(22)25)11-12-18(17)24(21)15-7-3-4-8-15/h5-6,9-13,15H,2-4,7-8H2,1H3,(H2,22,25). The van der Waals surface area contributed by atoms with Gasteiger partial charge in [-0.2, -0.15) is 0 Å². The molecule has 2 aromatic carbocycles. The van der Waals surface area contributed by atoms with Crippen LogP contribution in [0.15, 0.2) is 42.5 Å². The molecule has 1 saturated carbocycles. The third-order valence-corrected chi connectivity index (χ3v) is 5.09. The second-order valence-electron chi connectivity index (χ2n) is 6.74. The molecule has 1 aliphatic rings. The molecular formula is C21H23N3O2. The number of hydrogen-bond acceptors (Lipinski definition) is 3. The molecule has 1 aromatic heterocycles.